The first kappa shape index (κ1) is 14.8. The molecule has 2 rings (SSSR count). The Morgan fingerprint density at radius 1 is 1.30 bits per heavy atom. The van der Waals surface area contributed by atoms with Gasteiger partial charge in [-0.05, 0) is 31.0 Å². The van der Waals surface area contributed by atoms with Gasteiger partial charge in [0.25, 0.3) is 0 Å². The summed E-state index contributed by atoms with van der Waals surface area (Å²) in [5.41, 5.74) is -0.570. The van der Waals surface area contributed by atoms with E-state index in [2.05, 4.69) is 0 Å². The summed E-state index contributed by atoms with van der Waals surface area (Å²) in [4.78, 5) is 11.9. The summed E-state index contributed by atoms with van der Waals surface area (Å²) >= 11 is 0. The molecule has 1 aliphatic carbocycles. The van der Waals surface area contributed by atoms with E-state index in [9.17, 15) is 18.3 Å². The number of hydrogen-bond acceptors (Lipinski definition) is 4. The van der Waals surface area contributed by atoms with E-state index in [4.69, 9.17) is 4.74 Å². The molecule has 0 aromatic heterocycles. The largest absolute Gasteiger partial charge is 0.496 e. The molecule has 0 spiro atoms. The Kier molecular flexibility index (Phi) is 3.77. The Hall–Kier alpha value is -1.56. The van der Waals surface area contributed by atoms with Crippen molar-refractivity contribution >= 4 is 15.8 Å². The van der Waals surface area contributed by atoms with Crippen LogP contribution in [0.15, 0.2) is 23.1 Å². The van der Waals surface area contributed by atoms with Crippen molar-refractivity contribution in [3.05, 3.63) is 23.8 Å². The van der Waals surface area contributed by atoms with Crippen LogP contribution in [-0.2, 0) is 20.0 Å². The smallest absolute Gasteiger partial charge is 0.314 e. The van der Waals surface area contributed by atoms with E-state index in [-0.39, 0.29) is 4.90 Å². The number of aliphatic carboxylic acids is 1. The normalized spacial score (nSPS) is 17.9. The number of methoxy groups -OCH3 is 1. The fourth-order valence-corrected chi connectivity index (χ4v) is 3.52. The average Bonchev–Trinajstić information content (AvgIpc) is 2.87. The number of sulfone groups is 1. The maximum absolute atomic E-state index is 11.7. The van der Waals surface area contributed by atoms with Crippen molar-refractivity contribution in [2.45, 2.75) is 36.0 Å². The second kappa shape index (κ2) is 5.09. The number of carboxylic acid groups (broad SMARTS) is 1. The molecule has 1 aromatic rings. The van der Waals surface area contributed by atoms with Gasteiger partial charge < -0.3 is 9.84 Å². The molecule has 0 amide bonds. The van der Waals surface area contributed by atoms with Gasteiger partial charge in [0.1, 0.15) is 5.75 Å². The van der Waals surface area contributed by atoms with E-state index in [0.29, 0.717) is 24.2 Å². The van der Waals surface area contributed by atoms with Crippen molar-refractivity contribution in [1.82, 2.24) is 0 Å². The monoisotopic (exact) mass is 298 g/mol. The predicted octanol–water partition coefficient (Wildman–Crippen LogP) is 2.00. The van der Waals surface area contributed by atoms with Gasteiger partial charge in [0.15, 0.2) is 9.84 Å². The lowest BCUT2D eigenvalue weighted by Gasteiger charge is -2.26. The standard InChI is InChI=1S/C14H18O5S/c1-19-12-6-5-10(20(2,17)18)9-11(12)14(13(15)16)7-3-4-8-14/h5-6,9H,3-4,7-8H2,1-2H3,(H,15,16). The molecule has 1 aromatic carbocycles. The molecule has 110 valence electrons. The zero-order valence-electron chi connectivity index (χ0n) is 11.5. The SMILES string of the molecule is COc1ccc(S(C)(=O)=O)cc1C1(C(=O)O)CCCC1. The van der Waals surface area contributed by atoms with E-state index >= 15 is 0 Å². The Morgan fingerprint density at radius 3 is 2.35 bits per heavy atom. The lowest BCUT2D eigenvalue weighted by atomic mass is 9.78. The van der Waals surface area contributed by atoms with Gasteiger partial charge in [-0.2, -0.15) is 0 Å². The van der Waals surface area contributed by atoms with E-state index in [0.717, 1.165) is 19.1 Å². The Morgan fingerprint density at radius 2 is 1.90 bits per heavy atom. The van der Waals surface area contributed by atoms with Crippen LogP contribution < -0.4 is 4.74 Å². The molecule has 0 aliphatic heterocycles. The maximum Gasteiger partial charge on any atom is 0.314 e. The average molecular weight is 298 g/mol. The highest BCUT2D eigenvalue weighted by molar-refractivity contribution is 7.90. The number of ether oxygens (including phenoxy) is 1. The summed E-state index contributed by atoms with van der Waals surface area (Å²) in [6.07, 6.45) is 3.76. The van der Waals surface area contributed by atoms with Crippen LogP contribution in [0, 0.1) is 0 Å². The van der Waals surface area contributed by atoms with Crippen LogP contribution in [0.1, 0.15) is 31.2 Å². The first-order valence-electron chi connectivity index (χ1n) is 6.43. The molecular weight excluding hydrogens is 280 g/mol. The summed E-state index contributed by atoms with van der Waals surface area (Å²) in [5, 5.41) is 9.63. The molecule has 0 radical (unpaired) electrons. The van der Waals surface area contributed by atoms with Crippen LogP contribution in [0.3, 0.4) is 0 Å². The molecule has 0 heterocycles. The number of hydrogen-bond donors (Lipinski definition) is 1. The first-order valence-corrected chi connectivity index (χ1v) is 8.32. The third-order valence-corrected chi connectivity index (χ3v) is 5.09. The van der Waals surface area contributed by atoms with E-state index < -0.39 is 21.2 Å². The molecule has 1 fully saturated rings. The van der Waals surface area contributed by atoms with Crippen LogP contribution in [0.2, 0.25) is 0 Å². The highest BCUT2D eigenvalue weighted by Crippen LogP contribution is 2.45. The molecule has 0 bridgehead atoms. The van der Waals surface area contributed by atoms with Crippen LogP contribution >= 0.6 is 0 Å². The quantitative estimate of drug-likeness (QED) is 0.919. The minimum atomic E-state index is -3.38. The number of benzene rings is 1. The summed E-state index contributed by atoms with van der Waals surface area (Å²) in [7, 11) is -1.92. The van der Waals surface area contributed by atoms with Gasteiger partial charge in [-0.1, -0.05) is 12.8 Å². The third kappa shape index (κ3) is 2.40. The molecule has 1 aliphatic rings. The van der Waals surface area contributed by atoms with Crippen molar-refractivity contribution in [1.29, 1.82) is 0 Å². The van der Waals surface area contributed by atoms with Gasteiger partial charge in [0.2, 0.25) is 0 Å². The van der Waals surface area contributed by atoms with Crippen LogP contribution in [0.4, 0.5) is 0 Å². The fourth-order valence-electron chi connectivity index (χ4n) is 2.87. The third-order valence-electron chi connectivity index (χ3n) is 3.98. The molecule has 0 saturated heterocycles. The Balaban J connectivity index is 2.67. The topological polar surface area (TPSA) is 80.7 Å². The summed E-state index contributed by atoms with van der Waals surface area (Å²) in [6.45, 7) is 0. The molecule has 1 saturated carbocycles. The molecule has 1 N–H and O–H groups in total. The maximum atomic E-state index is 11.7. The van der Waals surface area contributed by atoms with Gasteiger partial charge in [-0.15, -0.1) is 0 Å². The molecular formula is C14H18O5S. The van der Waals surface area contributed by atoms with E-state index in [1.807, 2.05) is 0 Å². The molecule has 6 heteroatoms. The highest BCUT2D eigenvalue weighted by Gasteiger charge is 2.45. The predicted molar refractivity (Wildman–Crippen MR) is 73.9 cm³/mol. The minimum Gasteiger partial charge on any atom is -0.496 e. The second-order valence-electron chi connectivity index (χ2n) is 5.23. The number of carboxylic acids is 1. The van der Waals surface area contributed by atoms with Crippen molar-refractivity contribution in [3.63, 3.8) is 0 Å². The summed E-state index contributed by atoms with van der Waals surface area (Å²) < 4.78 is 28.6. The Labute approximate surface area is 118 Å². The van der Waals surface area contributed by atoms with E-state index in [1.54, 1.807) is 0 Å². The first-order chi connectivity index (χ1) is 9.31. The lowest BCUT2D eigenvalue weighted by molar-refractivity contribution is -0.143. The van der Waals surface area contributed by atoms with Crippen molar-refractivity contribution in [3.8, 4) is 5.75 Å². The molecule has 0 atom stereocenters. The lowest BCUT2D eigenvalue weighted by Crippen LogP contribution is -2.33. The van der Waals surface area contributed by atoms with Crippen molar-refractivity contribution in [2.24, 2.45) is 0 Å². The summed E-state index contributed by atoms with van der Waals surface area (Å²) in [6, 6.07) is 4.44. The fraction of sp³-hybridized carbons (Fsp3) is 0.500. The highest BCUT2D eigenvalue weighted by atomic mass is 32.2. The summed E-state index contributed by atoms with van der Waals surface area (Å²) in [5.74, 6) is -0.486. The van der Waals surface area contributed by atoms with Gasteiger partial charge in [-0.3, -0.25) is 4.79 Å². The second-order valence-corrected chi connectivity index (χ2v) is 7.24. The van der Waals surface area contributed by atoms with Crippen LogP contribution in [0.5, 0.6) is 5.75 Å². The van der Waals surface area contributed by atoms with Crippen LogP contribution in [0.25, 0.3) is 0 Å². The van der Waals surface area contributed by atoms with Gasteiger partial charge in [0.05, 0.1) is 17.4 Å². The van der Waals surface area contributed by atoms with Gasteiger partial charge >= 0.3 is 5.97 Å². The van der Waals surface area contributed by atoms with Gasteiger partial charge in [-0.25, -0.2) is 8.42 Å². The van der Waals surface area contributed by atoms with Gasteiger partial charge in [0, 0.05) is 11.8 Å². The number of carbonyl (C=O) groups is 1. The molecule has 5 nitrogen and oxygen atoms in total. The molecule has 0 unspecified atom stereocenters. The zero-order chi connectivity index (χ0) is 15.0. The zero-order valence-corrected chi connectivity index (χ0v) is 12.4. The molecule has 20 heavy (non-hydrogen) atoms. The van der Waals surface area contributed by atoms with E-state index in [1.165, 1.54) is 25.3 Å². The minimum absolute atomic E-state index is 0.126. The van der Waals surface area contributed by atoms with Crippen LogP contribution in [-0.4, -0.2) is 32.9 Å². The Bertz CT molecular complexity index is 627. The van der Waals surface area contributed by atoms with Crippen molar-refractivity contribution in [2.75, 3.05) is 13.4 Å². The van der Waals surface area contributed by atoms with Crippen molar-refractivity contribution < 1.29 is 23.1 Å². The number of rotatable bonds is 4.